The predicted octanol–water partition coefficient (Wildman–Crippen LogP) is 5.72. The molecule has 3 rings (SSSR count). The number of pyridine rings is 1. The van der Waals surface area contributed by atoms with Gasteiger partial charge in [0.1, 0.15) is 0 Å². The number of benzene rings is 1. The number of hydrogen-bond donors (Lipinski definition) is 0. The average molecular weight is 293 g/mol. The van der Waals surface area contributed by atoms with Crippen molar-refractivity contribution in [1.82, 2.24) is 4.98 Å². The lowest BCUT2D eigenvalue weighted by Gasteiger charge is -2.32. The van der Waals surface area contributed by atoms with Gasteiger partial charge in [0, 0.05) is 12.4 Å². The van der Waals surface area contributed by atoms with Gasteiger partial charge in [-0.05, 0) is 65.8 Å². The highest BCUT2D eigenvalue weighted by atomic mass is 14.6. The molecule has 2 aromatic rings. The van der Waals surface area contributed by atoms with Crippen LogP contribution < -0.4 is 0 Å². The van der Waals surface area contributed by atoms with Gasteiger partial charge in [0.25, 0.3) is 0 Å². The van der Waals surface area contributed by atoms with Crippen LogP contribution in [0.5, 0.6) is 0 Å². The van der Waals surface area contributed by atoms with Gasteiger partial charge in [0.05, 0.1) is 0 Å². The second-order valence-electron chi connectivity index (χ2n) is 6.81. The topological polar surface area (TPSA) is 12.9 Å². The van der Waals surface area contributed by atoms with Crippen molar-refractivity contribution in [2.45, 2.75) is 57.8 Å². The van der Waals surface area contributed by atoms with Crippen LogP contribution in [-0.2, 0) is 6.42 Å². The Morgan fingerprint density at radius 3 is 2.45 bits per heavy atom. The minimum absolute atomic E-state index is 0.615. The third kappa shape index (κ3) is 3.24. The SMILES string of the molecule is CCC(C)C(Cc1ccncc1)c1ccccc1C1CCC1. The van der Waals surface area contributed by atoms with Crippen molar-refractivity contribution in [3.05, 3.63) is 65.5 Å². The van der Waals surface area contributed by atoms with Crippen molar-refractivity contribution in [3.8, 4) is 0 Å². The molecule has 116 valence electrons. The summed E-state index contributed by atoms with van der Waals surface area (Å²) in [6.45, 7) is 4.72. The van der Waals surface area contributed by atoms with Crippen LogP contribution >= 0.6 is 0 Å². The van der Waals surface area contributed by atoms with Gasteiger partial charge < -0.3 is 0 Å². The lowest BCUT2D eigenvalue weighted by atomic mass is 9.72. The molecule has 1 aromatic heterocycles. The average Bonchev–Trinajstić information content (AvgIpc) is 2.52. The monoisotopic (exact) mass is 293 g/mol. The van der Waals surface area contributed by atoms with Crippen LogP contribution in [0.4, 0.5) is 0 Å². The fourth-order valence-electron chi connectivity index (χ4n) is 3.61. The number of aromatic nitrogens is 1. The van der Waals surface area contributed by atoms with Crippen LogP contribution in [-0.4, -0.2) is 4.98 Å². The molecule has 0 bridgehead atoms. The Bertz CT molecular complexity index is 586. The summed E-state index contributed by atoms with van der Waals surface area (Å²) in [6, 6.07) is 13.5. The lowest BCUT2D eigenvalue weighted by molar-refractivity contribution is 0.399. The van der Waals surface area contributed by atoms with E-state index in [9.17, 15) is 0 Å². The third-order valence-corrected chi connectivity index (χ3v) is 5.48. The zero-order chi connectivity index (χ0) is 15.4. The molecule has 0 amide bonds. The molecular weight excluding hydrogens is 266 g/mol. The summed E-state index contributed by atoms with van der Waals surface area (Å²) in [5, 5.41) is 0. The molecule has 1 nitrogen and oxygen atoms in total. The second-order valence-corrected chi connectivity index (χ2v) is 6.81. The highest BCUT2D eigenvalue weighted by Crippen LogP contribution is 2.42. The first-order valence-corrected chi connectivity index (χ1v) is 8.77. The fraction of sp³-hybridized carbons (Fsp3) is 0.476. The molecule has 1 aliphatic carbocycles. The summed E-state index contributed by atoms with van der Waals surface area (Å²) in [4.78, 5) is 4.16. The van der Waals surface area contributed by atoms with Crippen molar-refractivity contribution in [3.63, 3.8) is 0 Å². The van der Waals surface area contributed by atoms with E-state index in [1.54, 1.807) is 11.1 Å². The highest BCUT2D eigenvalue weighted by molar-refractivity contribution is 5.36. The van der Waals surface area contributed by atoms with E-state index in [2.05, 4.69) is 55.2 Å². The maximum absolute atomic E-state index is 4.16. The van der Waals surface area contributed by atoms with E-state index in [4.69, 9.17) is 0 Å². The van der Waals surface area contributed by atoms with Crippen molar-refractivity contribution in [1.29, 1.82) is 0 Å². The number of hydrogen-bond acceptors (Lipinski definition) is 1. The molecule has 0 saturated heterocycles. The largest absolute Gasteiger partial charge is 0.265 e. The molecular formula is C21H27N. The summed E-state index contributed by atoms with van der Waals surface area (Å²) in [7, 11) is 0. The number of nitrogens with zero attached hydrogens (tertiary/aromatic N) is 1. The first kappa shape index (κ1) is 15.3. The van der Waals surface area contributed by atoms with Crippen LogP contribution in [0.2, 0.25) is 0 Å². The zero-order valence-electron chi connectivity index (χ0n) is 13.8. The van der Waals surface area contributed by atoms with Gasteiger partial charge >= 0.3 is 0 Å². The van der Waals surface area contributed by atoms with Crippen molar-refractivity contribution < 1.29 is 0 Å². The quantitative estimate of drug-likeness (QED) is 0.663. The van der Waals surface area contributed by atoms with Crippen molar-refractivity contribution in [2.75, 3.05) is 0 Å². The minimum atomic E-state index is 0.615. The molecule has 0 aliphatic heterocycles. The molecule has 1 heterocycles. The van der Waals surface area contributed by atoms with Gasteiger partial charge in [-0.15, -0.1) is 0 Å². The first-order chi connectivity index (χ1) is 10.8. The standard InChI is InChI=1S/C21H27N/c1-3-16(2)21(15-17-11-13-22-14-12-17)20-10-5-4-9-19(20)18-7-6-8-18/h4-5,9-14,16,18,21H,3,6-8,15H2,1-2H3. The summed E-state index contributed by atoms with van der Waals surface area (Å²) >= 11 is 0. The van der Waals surface area contributed by atoms with Crippen LogP contribution in [0.1, 0.15) is 68.1 Å². The second kappa shape index (κ2) is 7.09. The minimum Gasteiger partial charge on any atom is -0.265 e. The molecule has 2 atom stereocenters. The Morgan fingerprint density at radius 2 is 1.82 bits per heavy atom. The van der Waals surface area contributed by atoms with Crippen LogP contribution in [0, 0.1) is 5.92 Å². The Kier molecular flexibility index (Phi) is 4.92. The van der Waals surface area contributed by atoms with E-state index < -0.39 is 0 Å². The van der Waals surface area contributed by atoms with Crippen LogP contribution in [0.25, 0.3) is 0 Å². The molecule has 22 heavy (non-hydrogen) atoms. The van der Waals surface area contributed by atoms with Gasteiger partial charge in [-0.1, -0.05) is 51.0 Å². The van der Waals surface area contributed by atoms with Gasteiger partial charge in [-0.2, -0.15) is 0 Å². The number of rotatable bonds is 6. The molecule has 1 fully saturated rings. The highest BCUT2D eigenvalue weighted by Gasteiger charge is 2.27. The lowest BCUT2D eigenvalue weighted by Crippen LogP contribution is -2.18. The van der Waals surface area contributed by atoms with E-state index in [0.29, 0.717) is 11.8 Å². The molecule has 1 aliphatic rings. The maximum atomic E-state index is 4.16. The van der Waals surface area contributed by atoms with Gasteiger partial charge in [0.15, 0.2) is 0 Å². The maximum Gasteiger partial charge on any atom is 0.0270 e. The molecule has 1 aromatic carbocycles. The Labute approximate surface area is 134 Å². The first-order valence-electron chi connectivity index (χ1n) is 8.77. The van der Waals surface area contributed by atoms with E-state index in [1.807, 2.05) is 12.4 Å². The predicted molar refractivity (Wildman–Crippen MR) is 93.2 cm³/mol. The van der Waals surface area contributed by atoms with E-state index in [1.165, 1.54) is 31.2 Å². The summed E-state index contributed by atoms with van der Waals surface area (Å²) in [6.07, 6.45) is 10.3. The molecule has 0 spiro atoms. The Balaban J connectivity index is 1.92. The normalized spacial score (nSPS) is 17.7. The van der Waals surface area contributed by atoms with Gasteiger partial charge in [-0.25, -0.2) is 0 Å². The van der Waals surface area contributed by atoms with Crippen molar-refractivity contribution in [2.24, 2.45) is 5.92 Å². The van der Waals surface area contributed by atoms with E-state index in [0.717, 1.165) is 12.3 Å². The van der Waals surface area contributed by atoms with Gasteiger partial charge in [0.2, 0.25) is 0 Å². The summed E-state index contributed by atoms with van der Waals surface area (Å²) in [5.74, 6) is 2.12. The van der Waals surface area contributed by atoms with Gasteiger partial charge in [-0.3, -0.25) is 4.98 Å². The Morgan fingerprint density at radius 1 is 1.09 bits per heavy atom. The molecule has 0 N–H and O–H groups in total. The van der Waals surface area contributed by atoms with Crippen molar-refractivity contribution >= 4 is 0 Å². The third-order valence-electron chi connectivity index (χ3n) is 5.48. The summed E-state index contributed by atoms with van der Waals surface area (Å²) in [5.41, 5.74) is 4.62. The van der Waals surface area contributed by atoms with E-state index >= 15 is 0 Å². The molecule has 2 unspecified atom stereocenters. The van der Waals surface area contributed by atoms with E-state index in [-0.39, 0.29) is 0 Å². The fourth-order valence-corrected chi connectivity index (χ4v) is 3.61. The zero-order valence-corrected chi connectivity index (χ0v) is 13.8. The Hall–Kier alpha value is -1.63. The van der Waals surface area contributed by atoms with Crippen LogP contribution in [0.15, 0.2) is 48.8 Å². The van der Waals surface area contributed by atoms with Crippen LogP contribution in [0.3, 0.4) is 0 Å². The molecule has 1 heteroatoms. The summed E-state index contributed by atoms with van der Waals surface area (Å²) < 4.78 is 0. The smallest absolute Gasteiger partial charge is 0.0270 e. The molecule has 0 radical (unpaired) electrons. The molecule has 1 saturated carbocycles.